The Morgan fingerprint density at radius 1 is 1.20 bits per heavy atom. The van der Waals surface area contributed by atoms with Crippen molar-refractivity contribution >= 4 is 22.8 Å². The summed E-state index contributed by atoms with van der Waals surface area (Å²) in [6.45, 7) is 5.17. The summed E-state index contributed by atoms with van der Waals surface area (Å²) in [5.41, 5.74) is 2.22. The van der Waals surface area contributed by atoms with Gasteiger partial charge in [0.1, 0.15) is 17.3 Å². The zero-order chi connectivity index (χ0) is 17.7. The molecule has 1 aliphatic rings. The highest BCUT2D eigenvalue weighted by molar-refractivity contribution is 5.93. The molecule has 0 saturated carbocycles. The molecule has 25 heavy (non-hydrogen) atoms. The third kappa shape index (κ3) is 2.61. The highest BCUT2D eigenvalue weighted by Crippen LogP contribution is 2.27. The summed E-state index contributed by atoms with van der Waals surface area (Å²) in [4.78, 5) is 23.5. The van der Waals surface area contributed by atoms with Crippen LogP contribution in [0.25, 0.3) is 11.0 Å². The van der Waals surface area contributed by atoms with Gasteiger partial charge in [-0.1, -0.05) is 0 Å². The third-order valence-corrected chi connectivity index (χ3v) is 4.43. The monoisotopic (exact) mass is 340 g/mol. The van der Waals surface area contributed by atoms with E-state index in [1.54, 1.807) is 28.7 Å². The number of nitrogens with zero attached hydrogens (tertiary/aromatic N) is 7. The van der Waals surface area contributed by atoms with E-state index in [0.717, 1.165) is 22.5 Å². The molecule has 1 fully saturated rings. The Morgan fingerprint density at radius 2 is 1.96 bits per heavy atom. The second kappa shape index (κ2) is 5.54. The highest BCUT2D eigenvalue weighted by Gasteiger charge is 2.31. The summed E-state index contributed by atoms with van der Waals surface area (Å²) in [5.74, 6) is 1.49. The lowest BCUT2D eigenvalue weighted by Gasteiger charge is -2.40. The number of aromatic nitrogens is 6. The van der Waals surface area contributed by atoms with Gasteiger partial charge >= 0.3 is 0 Å². The SMILES string of the molecule is Cc1cc(C(=O)NC2CN(c3nc(C)nc4c3cnn4C)C2)n(C)n1. The number of amides is 1. The molecule has 0 aliphatic carbocycles. The molecule has 4 heterocycles. The molecule has 3 aromatic rings. The first-order chi connectivity index (χ1) is 11.9. The molecule has 0 atom stereocenters. The van der Waals surface area contributed by atoms with Crippen molar-refractivity contribution in [2.75, 3.05) is 18.0 Å². The number of fused-ring (bicyclic) bond motifs is 1. The van der Waals surface area contributed by atoms with Gasteiger partial charge in [-0.15, -0.1) is 0 Å². The predicted octanol–water partition coefficient (Wildman–Crippen LogP) is 0.332. The maximum absolute atomic E-state index is 12.4. The second-order valence-corrected chi connectivity index (χ2v) is 6.47. The summed E-state index contributed by atoms with van der Waals surface area (Å²) in [5, 5.41) is 12.5. The fraction of sp³-hybridized carbons (Fsp3) is 0.438. The topological polar surface area (TPSA) is 93.8 Å². The van der Waals surface area contributed by atoms with Crippen LogP contribution in [0.3, 0.4) is 0 Å². The van der Waals surface area contributed by atoms with E-state index in [0.29, 0.717) is 24.6 Å². The first kappa shape index (κ1) is 15.6. The zero-order valence-corrected chi connectivity index (χ0v) is 14.7. The van der Waals surface area contributed by atoms with Crippen molar-refractivity contribution in [2.45, 2.75) is 19.9 Å². The Bertz CT molecular complexity index is 966. The first-order valence-corrected chi connectivity index (χ1v) is 8.15. The smallest absolute Gasteiger partial charge is 0.269 e. The summed E-state index contributed by atoms with van der Waals surface area (Å²) >= 11 is 0. The summed E-state index contributed by atoms with van der Waals surface area (Å²) in [6.07, 6.45) is 1.79. The van der Waals surface area contributed by atoms with Crippen molar-refractivity contribution in [3.8, 4) is 0 Å². The lowest BCUT2D eigenvalue weighted by molar-refractivity contribution is 0.0920. The number of nitrogens with one attached hydrogen (secondary N) is 1. The average molecular weight is 340 g/mol. The van der Waals surface area contributed by atoms with Gasteiger partial charge < -0.3 is 10.2 Å². The fourth-order valence-corrected chi connectivity index (χ4v) is 3.18. The van der Waals surface area contributed by atoms with E-state index in [1.165, 1.54) is 0 Å². The van der Waals surface area contributed by atoms with Gasteiger partial charge in [0.25, 0.3) is 5.91 Å². The average Bonchev–Trinajstić information content (AvgIpc) is 3.04. The van der Waals surface area contributed by atoms with Gasteiger partial charge in [0, 0.05) is 27.2 Å². The van der Waals surface area contributed by atoms with Crippen molar-refractivity contribution < 1.29 is 4.79 Å². The number of aryl methyl sites for hydroxylation is 4. The van der Waals surface area contributed by atoms with Crippen molar-refractivity contribution in [3.63, 3.8) is 0 Å². The highest BCUT2D eigenvalue weighted by atomic mass is 16.2. The van der Waals surface area contributed by atoms with Crippen LogP contribution in [-0.4, -0.2) is 54.6 Å². The Kier molecular flexibility index (Phi) is 3.45. The van der Waals surface area contributed by atoms with E-state index < -0.39 is 0 Å². The summed E-state index contributed by atoms with van der Waals surface area (Å²) < 4.78 is 3.35. The van der Waals surface area contributed by atoms with Crippen LogP contribution in [0.1, 0.15) is 22.0 Å². The number of carbonyl (C=O) groups is 1. The molecule has 1 aliphatic heterocycles. The lowest BCUT2D eigenvalue weighted by atomic mass is 10.1. The summed E-state index contributed by atoms with van der Waals surface area (Å²) in [7, 11) is 3.64. The van der Waals surface area contributed by atoms with Crippen LogP contribution < -0.4 is 10.2 Å². The number of hydrogen-bond acceptors (Lipinski definition) is 6. The van der Waals surface area contributed by atoms with Gasteiger partial charge in [0.05, 0.1) is 23.3 Å². The Hall–Kier alpha value is -2.97. The maximum Gasteiger partial charge on any atom is 0.269 e. The minimum Gasteiger partial charge on any atom is -0.352 e. The number of hydrogen-bond donors (Lipinski definition) is 1. The first-order valence-electron chi connectivity index (χ1n) is 8.15. The number of carbonyl (C=O) groups excluding carboxylic acids is 1. The predicted molar refractivity (Wildman–Crippen MR) is 92.5 cm³/mol. The molecule has 1 N–H and O–H groups in total. The molecule has 0 bridgehead atoms. The van der Waals surface area contributed by atoms with E-state index in [9.17, 15) is 4.79 Å². The van der Waals surface area contributed by atoms with Crippen LogP contribution in [-0.2, 0) is 14.1 Å². The van der Waals surface area contributed by atoms with E-state index >= 15 is 0 Å². The Balaban J connectivity index is 1.47. The van der Waals surface area contributed by atoms with Crippen LogP contribution in [0.4, 0.5) is 5.82 Å². The molecule has 130 valence electrons. The van der Waals surface area contributed by atoms with E-state index in [2.05, 4.69) is 30.4 Å². The molecule has 1 amide bonds. The molecule has 1 saturated heterocycles. The van der Waals surface area contributed by atoms with Crippen LogP contribution in [0.2, 0.25) is 0 Å². The van der Waals surface area contributed by atoms with Crippen LogP contribution in [0.5, 0.6) is 0 Å². The quantitative estimate of drug-likeness (QED) is 0.739. The maximum atomic E-state index is 12.4. The molecule has 0 radical (unpaired) electrons. The van der Waals surface area contributed by atoms with Gasteiger partial charge in [0.2, 0.25) is 0 Å². The molecule has 0 aromatic carbocycles. The van der Waals surface area contributed by atoms with Crippen LogP contribution >= 0.6 is 0 Å². The van der Waals surface area contributed by atoms with Gasteiger partial charge in [-0.3, -0.25) is 14.2 Å². The van der Waals surface area contributed by atoms with Crippen LogP contribution in [0, 0.1) is 13.8 Å². The largest absolute Gasteiger partial charge is 0.352 e. The van der Waals surface area contributed by atoms with Crippen molar-refractivity contribution in [2.24, 2.45) is 14.1 Å². The third-order valence-electron chi connectivity index (χ3n) is 4.43. The van der Waals surface area contributed by atoms with E-state index in [1.807, 2.05) is 20.9 Å². The molecule has 9 nitrogen and oxygen atoms in total. The molecular weight excluding hydrogens is 320 g/mol. The second-order valence-electron chi connectivity index (χ2n) is 6.47. The van der Waals surface area contributed by atoms with Crippen molar-refractivity contribution in [1.29, 1.82) is 0 Å². The van der Waals surface area contributed by atoms with Gasteiger partial charge in [-0.05, 0) is 19.9 Å². The summed E-state index contributed by atoms with van der Waals surface area (Å²) in [6, 6.07) is 1.88. The minimum absolute atomic E-state index is 0.0877. The molecule has 0 unspecified atom stereocenters. The number of anilines is 1. The van der Waals surface area contributed by atoms with Gasteiger partial charge in [0.15, 0.2) is 5.65 Å². The number of rotatable bonds is 3. The zero-order valence-electron chi connectivity index (χ0n) is 14.7. The molecule has 4 rings (SSSR count). The lowest BCUT2D eigenvalue weighted by Crippen LogP contribution is -2.60. The van der Waals surface area contributed by atoms with Crippen molar-refractivity contribution in [3.05, 3.63) is 29.5 Å². The van der Waals surface area contributed by atoms with Gasteiger partial charge in [-0.25, -0.2) is 9.97 Å². The fourth-order valence-electron chi connectivity index (χ4n) is 3.18. The van der Waals surface area contributed by atoms with E-state index in [-0.39, 0.29) is 11.9 Å². The molecule has 9 heteroatoms. The Labute approximate surface area is 144 Å². The standard InChI is InChI=1S/C16H20N8O/c1-9-5-13(22(3)21-9)16(25)20-11-7-24(8-11)15-12-6-17-23(4)14(12)18-10(2)19-15/h5-6,11H,7-8H2,1-4H3,(H,20,25). The normalized spacial score (nSPS) is 14.8. The van der Waals surface area contributed by atoms with Crippen molar-refractivity contribution in [1.82, 2.24) is 34.8 Å². The molecular formula is C16H20N8O. The minimum atomic E-state index is -0.0989. The van der Waals surface area contributed by atoms with E-state index in [4.69, 9.17) is 0 Å². The van der Waals surface area contributed by atoms with Crippen LogP contribution in [0.15, 0.2) is 12.3 Å². The Morgan fingerprint density at radius 3 is 2.64 bits per heavy atom. The van der Waals surface area contributed by atoms with Gasteiger partial charge in [-0.2, -0.15) is 10.2 Å². The molecule has 3 aromatic heterocycles. The molecule has 0 spiro atoms.